The zero-order valence-corrected chi connectivity index (χ0v) is 39.2. The van der Waals surface area contributed by atoms with Crippen LogP contribution in [0.15, 0.2) is 109 Å². The molecule has 68 heavy (non-hydrogen) atoms. The molecule has 0 amide bonds. The van der Waals surface area contributed by atoms with E-state index in [1.54, 1.807) is 48.6 Å². The molecule has 8 rings (SSSR count). The zero-order chi connectivity index (χ0) is 43.9. The second kappa shape index (κ2) is 27.8. The number of halogens is 2. The van der Waals surface area contributed by atoms with E-state index in [1.165, 1.54) is 24.3 Å². The summed E-state index contributed by atoms with van der Waals surface area (Å²) in [5, 5.41) is 63.3. The van der Waals surface area contributed by atoms with Crippen molar-refractivity contribution in [1.29, 1.82) is 0 Å². The van der Waals surface area contributed by atoms with Crippen LogP contribution in [0.3, 0.4) is 0 Å². The number of aliphatic hydroxyl groups is 4. The zero-order valence-electron chi connectivity index (χ0n) is 36.9. The molecule has 15 nitrogen and oxygen atoms in total. The van der Waals surface area contributed by atoms with E-state index < -0.39 is 49.2 Å². The predicted molar refractivity (Wildman–Crippen MR) is 253 cm³/mol. The van der Waals surface area contributed by atoms with E-state index in [4.69, 9.17) is 9.97 Å². The number of aliphatic carboxylic acids is 2. The fourth-order valence-corrected chi connectivity index (χ4v) is 7.70. The van der Waals surface area contributed by atoms with Gasteiger partial charge in [0.15, 0.2) is 0 Å². The van der Waals surface area contributed by atoms with Crippen molar-refractivity contribution in [2.45, 2.75) is 87.6 Å². The molecule has 0 spiro atoms. The van der Waals surface area contributed by atoms with Gasteiger partial charge in [-0.1, -0.05) is 85.0 Å². The molecule has 6 aromatic rings. The Morgan fingerprint density at radius 2 is 0.882 bits per heavy atom. The molecule has 0 bridgehead atoms. The number of fused-ring (bicyclic) bond motifs is 2. The molecule has 0 radical (unpaired) electrons. The molecule has 4 aromatic carbocycles. The number of hydrogen-bond acceptors (Lipinski definition) is 10. The molecule has 2 aliphatic rings. The number of carboxylic acid groups (broad SMARTS) is 2. The second-order valence-electron chi connectivity index (χ2n) is 16.0. The van der Waals surface area contributed by atoms with E-state index in [1.807, 2.05) is 48.5 Å². The van der Waals surface area contributed by atoms with Gasteiger partial charge in [-0.05, 0) is 73.2 Å². The molecule has 4 atom stereocenters. The minimum atomic E-state index is -1.36. The van der Waals surface area contributed by atoms with Gasteiger partial charge in [0.1, 0.15) is 11.6 Å². The molecule has 2 aliphatic carbocycles. The Balaban J connectivity index is 0.000000625. The second-order valence-corrected chi connectivity index (χ2v) is 16.0. The number of para-hydroxylation sites is 2. The van der Waals surface area contributed by atoms with Gasteiger partial charge in [-0.25, -0.2) is 8.78 Å². The van der Waals surface area contributed by atoms with Gasteiger partial charge in [-0.3, -0.25) is 9.97 Å². The van der Waals surface area contributed by atoms with Gasteiger partial charge in [-0.15, -0.1) is 0 Å². The summed E-state index contributed by atoms with van der Waals surface area (Å²) >= 11 is 0. The standard InChI is InChI=1S/2C25H24FNO4.Ca.5H2O/c2*26-17-9-7-15(8-10-17)24-20-3-1-2-4-22(20)27-25(16-5-6-16)21(24)12-11-18(28)13-19(29)14-23(30)31;;;;;;/h2*1-4,7-12,16,18-19,28-29H,5-6,13-14H2,(H,30,31);;5*1H2/q;;+2;;;;;/p-2/b2*12-11+;;;;;;/t2*18-,19-;;;;;;/m11....../s1. The summed E-state index contributed by atoms with van der Waals surface area (Å²) in [6.45, 7) is 0. The Bertz CT molecular complexity index is 2450. The van der Waals surface area contributed by atoms with E-state index in [0.717, 1.165) is 92.3 Å². The van der Waals surface area contributed by atoms with E-state index in [9.17, 15) is 49.0 Å². The molecule has 14 N–H and O–H groups in total. The Kier molecular flexibility index (Phi) is 24.9. The first kappa shape index (κ1) is 60.9. The number of nitrogens with zero attached hydrogens (tertiary/aromatic N) is 2. The van der Waals surface area contributed by atoms with Crippen molar-refractivity contribution < 1.29 is 76.4 Å². The maximum atomic E-state index is 13.6. The molecule has 0 aliphatic heterocycles. The molecule has 0 saturated heterocycles. The normalized spacial score (nSPS) is 14.6. The van der Waals surface area contributed by atoms with Crippen LogP contribution in [0.4, 0.5) is 8.78 Å². The Morgan fingerprint density at radius 1 is 0.559 bits per heavy atom. The average Bonchev–Trinajstić information content (AvgIpc) is 4.17. The van der Waals surface area contributed by atoms with Crippen molar-refractivity contribution >= 4 is 83.6 Å². The van der Waals surface area contributed by atoms with Crippen molar-refractivity contribution in [1.82, 2.24) is 9.97 Å². The van der Waals surface area contributed by atoms with E-state index in [2.05, 4.69) is 0 Å². The van der Waals surface area contributed by atoms with E-state index in [0.29, 0.717) is 11.8 Å². The summed E-state index contributed by atoms with van der Waals surface area (Å²) in [6.07, 6.45) is 5.02. The number of aliphatic hydroxyl groups excluding tert-OH is 4. The Labute approximate surface area is 420 Å². The van der Waals surface area contributed by atoms with Crippen LogP contribution in [0.1, 0.15) is 85.7 Å². The quantitative estimate of drug-likeness (QED) is 0.102. The topological polar surface area (TPSA) is 344 Å². The summed E-state index contributed by atoms with van der Waals surface area (Å²) < 4.78 is 27.1. The fourth-order valence-electron chi connectivity index (χ4n) is 7.70. The maximum absolute atomic E-state index is 13.6. The molecule has 2 fully saturated rings. The first-order chi connectivity index (χ1) is 29.8. The van der Waals surface area contributed by atoms with Crippen molar-refractivity contribution in [2.75, 3.05) is 0 Å². The van der Waals surface area contributed by atoms with Crippen LogP contribution in [-0.2, 0) is 9.59 Å². The monoisotopic (exact) mass is 970 g/mol. The Morgan fingerprint density at radius 3 is 1.19 bits per heavy atom. The largest absolute Gasteiger partial charge is 2.00 e. The van der Waals surface area contributed by atoms with Crippen LogP contribution in [0, 0.1) is 11.6 Å². The van der Waals surface area contributed by atoms with Crippen LogP contribution >= 0.6 is 0 Å². The molecule has 2 aromatic heterocycles. The first-order valence-electron chi connectivity index (χ1n) is 20.7. The summed E-state index contributed by atoms with van der Waals surface area (Å²) in [6, 6.07) is 28.1. The van der Waals surface area contributed by atoms with Crippen LogP contribution in [0.5, 0.6) is 0 Å². The maximum Gasteiger partial charge on any atom is 2.00 e. The summed E-state index contributed by atoms with van der Waals surface area (Å²) in [4.78, 5) is 31.0. The number of hydrogen-bond donors (Lipinski definition) is 4. The molecule has 360 valence electrons. The smallest absolute Gasteiger partial charge is 0.550 e. The van der Waals surface area contributed by atoms with Crippen LogP contribution in [0.25, 0.3) is 56.2 Å². The van der Waals surface area contributed by atoms with Gasteiger partial charge in [0.25, 0.3) is 0 Å². The SMILES string of the molecule is O.O.O.O.O.O=C([O-])C[C@H](O)C[C@H](O)/C=C/c1c(C2CC2)nc2ccccc2c1-c1ccc(F)cc1.O=C([O-])C[C@H](O)C[C@H](O)/C=C/c1c(C2CC2)nc2ccccc2c1-c1ccc(F)cc1.[Ca+2]. The third kappa shape index (κ3) is 16.0. The summed E-state index contributed by atoms with van der Waals surface area (Å²) in [5.41, 5.74) is 8.76. The first-order valence-corrected chi connectivity index (χ1v) is 20.7. The number of aromatic nitrogens is 2. The van der Waals surface area contributed by atoms with Gasteiger partial charge in [0, 0.05) is 82.5 Å². The number of carbonyl (C=O) groups is 2. The van der Waals surface area contributed by atoms with Crippen molar-refractivity contribution in [2.24, 2.45) is 0 Å². The van der Waals surface area contributed by atoms with Crippen LogP contribution in [0.2, 0.25) is 0 Å². The van der Waals surface area contributed by atoms with Crippen LogP contribution in [-0.4, -0.2) is 132 Å². The van der Waals surface area contributed by atoms with Gasteiger partial charge in [-0.2, -0.15) is 0 Å². The molecule has 2 heterocycles. The van der Waals surface area contributed by atoms with E-state index in [-0.39, 0.29) is 89.6 Å². The van der Waals surface area contributed by atoms with Gasteiger partial charge < -0.3 is 67.6 Å². The number of pyridine rings is 2. The number of carbonyl (C=O) groups excluding carboxylic acids is 2. The van der Waals surface area contributed by atoms with Crippen LogP contribution < -0.4 is 10.2 Å². The Hall–Kier alpha value is -5.12. The van der Waals surface area contributed by atoms with Gasteiger partial charge in [0.05, 0.1) is 46.8 Å². The molecule has 18 heteroatoms. The molecular weight excluding hydrogens is 915 g/mol. The summed E-state index contributed by atoms with van der Waals surface area (Å²) in [7, 11) is 0. The molecular formula is C50H56CaF2N2O13. The van der Waals surface area contributed by atoms with E-state index >= 15 is 0 Å². The number of rotatable bonds is 16. The molecule has 2 saturated carbocycles. The van der Waals surface area contributed by atoms with Crippen molar-refractivity contribution in [3.05, 3.63) is 143 Å². The van der Waals surface area contributed by atoms with Gasteiger partial charge in [0.2, 0.25) is 0 Å². The third-order valence-corrected chi connectivity index (χ3v) is 10.9. The minimum Gasteiger partial charge on any atom is -0.550 e. The number of benzene rings is 4. The summed E-state index contributed by atoms with van der Waals surface area (Å²) in [5.74, 6) is -2.72. The number of carboxylic acids is 2. The predicted octanol–water partition coefficient (Wildman–Crippen LogP) is 1.86. The molecule has 0 unspecified atom stereocenters. The van der Waals surface area contributed by atoms with Gasteiger partial charge >= 0.3 is 37.7 Å². The van der Waals surface area contributed by atoms with Crippen molar-refractivity contribution in [3.63, 3.8) is 0 Å². The third-order valence-electron chi connectivity index (χ3n) is 10.9. The van der Waals surface area contributed by atoms with Crippen molar-refractivity contribution in [3.8, 4) is 22.3 Å². The average molecular weight is 971 g/mol. The fraction of sp³-hybridized carbons (Fsp3) is 0.280. The minimum absolute atomic E-state index is 0.